The number of aryl methyl sites for hydroxylation is 3. The molecule has 0 spiro atoms. The molecule has 10 heterocycles. The number of pyridine rings is 4. The van der Waals surface area contributed by atoms with Gasteiger partial charge in [0.15, 0.2) is 5.82 Å². The summed E-state index contributed by atoms with van der Waals surface area (Å²) in [4.78, 5) is 36.4. The van der Waals surface area contributed by atoms with Crippen LogP contribution in [0.1, 0.15) is 34.7 Å². The van der Waals surface area contributed by atoms with Crippen LogP contribution in [0, 0.1) is 24.5 Å². The Balaban J connectivity index is 0.000000181. The Kier molecular flexibility index (Phi) is 22.9. The molecule has 18 nitrogen and oxygen atoms in total. The zero-order valence-electron chi connectivity index (χ0n) is 48.4. The molecule has 0 fully saturated rings. The molecule has 502 valence electrons. The first-order valence-corrected chi connectivity index (χ1v) is 26.2. The van der Waals surface area contributed by atoms with Gasteiger partial charge in [-0.3, -0.25) is 34.4 Å². The van der Waals surface area contributed by atoms with Gasteiger partial charge in [0.1, 0.15) is 28.7 Å². The van der Waals surface area contributed by atoms with Crippen LogP contribution in [0.4, 0.5) is 79.0 Å². The van der Waals surface area contributed by atoms with E-state index < -0.39 is 71.7 Å². The second-order valence-corrected chi connectivity index (χ2v) is 19.0. The zero-order valence-corrected chi connectivity index (χ0v) is 53.2. The molecule has 10 aromatic heterocycles. The van der Waals surface area contributed by atoms with E-state index in [1.807, 2.05) is 36.4 Å². The van der Waals surface area contributed by atoms with Crippen LogP contribution >= 0.6 is 0 Å². The van der Waals surface area contributed by atoms with E-state index in [-0.39, 0.29) is 109 Å². The minimum absolute atomic E-state index is 0. The van der Waals surface area contributed by atoms with Crippen LogP contribution in [-0.4, -0.2) is 74.5 Å². The van der Waals surface area contributed by atoms with E-state index in [1.165, 1.54) is 50.5 Å². The molecule has 2 aromatic carbocycles. The number of hydrogen-bond donors (Lipinski definition) is 0. The van der Waals surface area contributed by atoms with Gasteiger partial charge in [-0.25, -0.2) is 9.67 Å². The van der Waals surface area contributed by atoms with Gasteiger partial charge in [0.2, 0.25) is 11.6 Å². The van der Waals surface area contributed by atoms with Crippen LogP contribution in [0.15, 0.2) is 146 Å². The van der Waals surface area contributed by atoms with Crippen molar-refractivity contribution >= 4 is 0 Å². The molecule has 0 aliphatic carbocycles. The Morgan fingerprint density at radius 3 is 1.30 bits per heavy atom. The second kappa shape index (κ2) is 29.9. The Hall–Kier alpha value is -10.1. The van der Waals surface area contributed by atoms with Gasteiger partial charge in [0, 0.05) is 25.6 Å². The van der Waals surface area contributed by atoms with Gasteiger partial charge in [-0.1, -0.05) is 77.7 Å². The van der Waals surface area contributed by atoms with E-state index in [2.05, 4.69) is 99.9 Å². The van der Waals surface area contributed by atoms with Crippen LogP contribution < -0.4 is 14.9 Å². The van der Waals surface area contributed by atoms with Gasteiger partial charge in [0.05, 0.1) is 24.1 Å². The smallest absolute Gasteiger partial charge is 0.573 e. The predicted molar refractivity (Wildman–Crippen MR) is 292 cm³/mol. The third-order valence-corrected chi connectivity index (χ3v) is 12.2. The summed E-state index contributed by atoms with van der Waals surface area (Å²) >= 11 is 0. The molecule has 0 aliphatic rings. The monoisotopic (exact) mass is 1720 g/mol. The van der Waals surface area contributed by atoms with Crippen LogP contribution in [0.25, 0.3) is 90.8 Å². The molecule has 0 bridgehead atoms. The Morgan fingerprint density at radius 2 is 0.887 bits per heavy atom. The number of hydrogen-bond acceptors (Lipinski definition) is 13. The summed E-state index contributed by atoms with van der Waals surface area (Å²) in [5.41, 5.74) is 1.53. The topological polar surface area (TPSA) is 210 Å². The standard InChI is InChI=1S/C15H8F6N5.2C15H10F3N4.C14H5F6N5.2Ir/c1-26-12(14(16,17)18)5-11(25-26)10-4-2-3-9(24-10)8-6-22-13(23-7-8)15(19,20)21;2*1-22-14(15(16,17)18)20-13(21-22)12-9-5-8-11(19-12)10-6-3-2-4-7-10;15-13(16,17)11-4-10(24-25-11)9-3-1-2-8(23-9)7-5-21-12(22-6-7)14(18,19)20;;/h2-6H,1H3;2*2-6,8-9H,1H3;1-5H;;/q3*-1;-2;2*+3. The van der Waals surface area contributed by atoms with Crippen molar-refractivity contribution in [1.29, 1.82) is 0 Å². The van der Waals surface area contributed by atoms with Crippen molar-refractivity contribution in [2.24, 2.45) is 21.1 Å². The maximum absolute atomic E-state index is 12.9. The molecule has 0 saturated heterocycles. The molecule has 38 heteroatoms. The normalized spacial score (nSPS) is 11.8. The van der Waals surface area contributed by atoms with Gasteiger partial charge in [-0.2, -0.15) is 84.1 Å². The van der Waals surface area contributed by atoms with Crippen LogP contribution in [0.5, 0.6) is 0 Å². The van der Waals surface area contributed by atoms with Gasteiger partial charge in [0.25, 0.3) is 0 Å². The summed E-state index contributed by atoms with van der Waals surface area (Å²) in [6, 6.07) is 40.7. The summed E-state index contributed by atoms with van der Waals surface area (Å²) in [6.07, 6.45) is -21.6. The molecule has 0 atom stereocenters. The largest absolute Gasteiger partial charge is 3.00 e. The molecule has 0 unspecified atom stereocenters. The van der Waals surface area contributed by atoms with Crippen molar-refractivity contribution in [3.05, 3.63) is 205 Å². The average Bonchev–Trinajstić information content (AvgIpc) is 1.80. The number of rotatable bonds is 8. The second-order valence-electron chi connectivity index (χ2n) is 19.0. The zero-order chi connectivity index (χ0) is 68.8. The van der Waals surface area contributed by atoms with Crippen molar-refractivity contribution in [2.45, 2.75) is 37.1 Å². The quantitative estimate of drug-likeness (QED) is 0.0787. The molecule has 0 saturated carbocycles. The molecular weight excluding hydrogens is 1690 g/mol. The molecule has 0 amide bonds. The fraction of sp³-hybridized carbons (Fsp3) is 0.153. The minimum Gasteiger partial charge on any atom is -0.573 e. The summed E-state index contributed by atoms with van der Waals surface area (Å²) < 4.78 is 230. The van der Waals surface area contributed by atoms with Crippen molar-refractivity contribution in [3.8, 4) is 90.8 Å². The summed E-state index contributed by atoms with van der Waals surface area (Å²) in [5, 5.41) is 17.8. The number of alkyl halides is 18. The third kappa shape index (κ3) is 18.9. The van der Waals surface area contributed by atoms with Gasteiger partial charge < -0.3 is 35.1 Å². The Bertz CT molecular complexity index is 4430. The summed E-state index contributed by atoms with van der Waals surface area (Å²) in [6.45, 7) is 0. The Morgan fingerprint density at radius 1 is 0.423 bits per heavy atom. The summed E-state index contributed by atoms with van der Waals surface area (Å²) in [5.74, 6) is -4.94. The van der Waals surface area contributed by atoms with E-state index in [9.17, 15) is 79.0 Å². The van der Waals surface area contributed by atoms with Crippen molar-refractivity contribution < 1.29 is 124 Å². The van der Waals surface area contributed by atoms with Crippen LogP contribution in [-0.2, 0) is 98.4 Å². The first-order chi connectivity index (χ1) is 44.6. The van der Waals surface area contributed by atoms with E-state index in [0.717, 1.165) is 42.7 Å². The molecular formula is C59H33F18Ir2N18+. The van der Waals surface area contributed by atoms with E-state index in [4.69, 9.17) is 0 Å². The predicted octanol–water partition coefficient (Wildman–Crippen LogP) is 12.9. The maximum atomic E-state index is 12.9. The van der Waals surface area contributed by atoms with Crippen molar-refractivity contribution in [1.82, 2.24) is 84.7 Å². The van der Waals surface area contributed by atoms with Gasteiger partial charge in [-0.05, 0) is 71.6 Å². The molecule has 0 aliphatic heterocycles. The van der Waals surface area contributed by atoms with E-state index >= 15 is 0 Å². The number of nitrogens with zero attached hydrogens (tertiary/aromatic N) is 18. The SMILES string of the molecule is C[n+]1[n-]c(-c2cccc(-c3[c-]cccc3)n2)nc1C(F)(F)F.Cn1nc(-c2cccc(-c3[c-]cccc3)n2)nc1C(F)(F)F.Cn1nc(-c2cccc(-c3[c-]nc(C(F)(F)F)nc3)n2)cc1C(F)(F)F.FC(F)(F)c1cc(-c2cccc(-c3[c-]nc(C(F)(F)F)nc3)n2)[n-]n1.[Ir+3].[Ir+3]. The van der Waals surface area contributed by atoms with Gasteiger partial charge >= 0.3 is 77.3 Å². The number of aromatic nitrogens is 18. The van der Waals surface area contributed by atoms with Crippen molar-refractivity contribution in [2.75, 3.05) is 0 Å². The fourth-order valence-corrected chi connectivity index (χ4v) is 7.99. The first kappa shape index (κ1) is 74.3. The molecule has 12 rings (SSSR count). The molecule has 97 heavy (non-hydrogen) atoms. The maximum Gasteiger partial charge on any atom is 3.00 e. The average molecular weight is 1720 g/mol. The minimum atomic E-state index is -4.71. The van der Waals surface area contributed by atoms with E-state index in [1.54, 1.807) is 48.5 Å². The Labute approximate surface area is 560 Å². The molecule has 0 N–H and O–H groups in total. The number of halogens is 18. The fourth-order valence-electron chi connectivity index (χ4n) is 7.99. The first-order valence-electron chi connectivity index (χ1n) is 26.2. The summed E-state index contributed by atoms with van der Waals surface area (Å²) in [7, 11) is 3.55. The van der Waals surface area contributed by atoms with Gasteiger partial charge in [-0.15, -0.1) is 76.9 Å². The molecule has 0 radical (unpaired) electrons. The third-order valence-electron chi connectivity index (χ3n) is 12.2. The molecule has 12 aromatic rings. The van der Waals surface area contributed by atoms with Crippen LogP contribution in [0.2, 0.25) is 0 Å². The van der Waals surface area contributed by atoms with E-state index in [0.29, 0.717) is 25.4 Å². The van der Waals surface area contributed by atoms with Crippen LogP contribution in [0.3, 0.4) is 0 Å². The van der Waals surface area contributed by atoms with Crippen molar-refractivity contribution in [3.63, 3.8) is 0 Å². The number of benzene rings is 2.